The highest BCUT2D eigenvalue weighted by Crippen LogP contribution is 2.17. The van der Waals surface area contributed by atoms with Gasteiger partial charge in [-0.25, -0.2) is 4.39 Å². The molecule has 4 N–H and O–H groups in total. The van der Waals surface area contributed by atoms with Crippen LogP contribution >= 0.6 is 0 Å². The first-order chi connectivity index (χ1) is 11.4. The quantitative estimate of drug-likeness (QED) is 0.761. The van der Waals surface area contributed by atoms with Crippen LogP contribution in [0, 0.1) is 5.82 Å². The van der Waals surface area contributed by atoms with E-state index in [4.69, 9.17) is 5.73 Å². The van der Waals surface area contributed by atoms with Crippen LogP contribution in [0.3, 0.4) is 0 Å². The molecule has 0 saturated carbocycles. The molecule has 24 heavy (non-hydrogen) atoms. The van der Waals surface area contributed by atoms with Crippen LogP contribution in [0.5, 0.6) is 0 Å². The third kappa shape index (κ3) is 4.39. The van der Waals surface area contributed by atoms with E-state index in [1.807, 2.05) is 0 Å². The van der Waals surface area contributed by atoms with Gasteiger partial charge in [-0.2, -0.15) is 0 Å². The Morgan fingerprint density at radius 1 is 1.04 bits per heavy atom. The summed E-state index contributed by atoms with van der Waals surface area (Å²) in [6.45, 7) is 3.49. The van der Waals surface area contributed by atoms with Crippen molar-refractivity contribution in [3.05, 3.63) is 65.5 Å². The Kier molecular flexibility index (Phi) is 5.65. The van der Waals surface area contributed by atoms with Gasteiger partial charge < -0.3 is 11.1 Å². The Bertz CT molecular complexity index is 731. The van der Waals surface area contributed by atoms with Crippen LogP contribution in [0.1, 0.15) is 35.8 Å². The normalized spacial score (nSPS) is 13.1. The Balaban J connectivity index is 1.97. The fourth-order valence-corrected chi connectivity index (χ4v) is 2.34. The van der Waals surface area contributed by atoms with Crippen LogP contribution in [0.15, 0.2) is 48.5 Å². The summed E-state index contributed by atoms with van der Waals surface area (Å²) in [5.41, 5.74) is 6.59. The third-order valence-electron chi connectivity index (χ3n) is 3.70. The first kappa shape index (κ1) is 17.6. The van der Waals surface area contributed by atoms with Crippen LogP contribution in [0.2, 0.25) is 0 Å². The van der Waals surface area contributed by atoms with Crippen molar-refractivity contribution in [2.24, 2.45) is 5.73 Å². The zero-order valence-electron chi connectivity index (χ0n) is 13.5. The molecule has 2 amide bonds. The molecule has 0 aliphatic heterocycles. The number of hydrogen-bond donors (Lipinski definition) is 3. The van der Waals surface area contributed by atoms with Crippen molar-refractivity contribution in [2.75, 3.05) is 5.32 Å². The number of benzene rings is 2. The van der Waals surface area contributed by atoms with E-state index in [0.717, 1.165) is 0 Å². The second kappa shape index (κ2) is 7.70. The molecular weight excluding hydrogens is 309 g/mol. The second-order valence-corrected chi connectivity index (χ2v) is 5.56. The molecule has 0 aliphatic rings. The van der Waals surface area contributed by atoms with Crippen LogP contribution < -0.4 is 16.4 Å². The maximum Gasteiger partial charge on any atom is 0.248 e. The molecule has 2 aromatic rings. The molecule has 0 unspecified atom stereocenters. The van der Waals surface area contributed by atoms with E-state index in [2.05, 4.69) is 10.6 Å². The van der Waals surface area contributed by atoms with E-state index in [-0.39, 0.29) is 17.8 Å². The van der Waals surface area contributed by atoms with Gasteiger partial charge in [-0.1, -0.05) is 18.2 Å². The minimum Gasteiger partial charge on any atom is -0.366 e. The highest BCUT2D eigenvalue weighted by atomic mass is 19.1. The van der Waals surface area contributed by atoms with Crippen molar-refractivity contribution in [1.29, 1.82) is 0 Å². The van der Waals surface area contributed by atoms with Crippen molar-refractivity contribution in [1.82, 2.24) is 5.32 Å². The lowest BCUT2D eigenvalue weighted by molar-refractivity contribution is -0.117. The Hall–Kier alpha value is -2.73. The van der Waals surface area contributed by atoms with E-state index in [1.54, 1.807) is 44.2 Å². The molecule has 2 aromatic carbocycles. The number of rotatable bonds is 6. The van der Waals surface area contributed by atoms with Gasteiger partial charge in [0.05, 0.1) is 6.04 Å². The van der Waals surface area contributed by atoms with Crippen molar-refractivity contribution >= 4 is 17.5 Å². The first-order valence-corrected chi connectivity index (χ1v) is 7.59. The number of carbonyl (C=O) groups is 2. The molecule has 5 nitrogen and oxygen atoms in total. The summed E-state index contributed by atoms with van der Waals surface area (Å²) in [6, 6.07) is 11.9. The first-order valence-electron chi connectivity index (χ1n) is 7.59. The van der Waals surface area contributed by atoms with Crippen molar-refractivity contribution in [3.63, 3.8) is 0 Å². The van der Waals surface area contributed by atoms with Gasteiger partial charge in [0.1, 0.15) is 5.82 Å². The predicted molar refractivity (Wildman–Crippen MR) is 91.0 cm³/mol. The lowest BCUT2D eigenvalue weighted by Gasteiger charge is -2.20. The molecular formula is C18H20FN3O2. The minimum atomic E-state index is -0.532. The number of amides is 2. The van der Waals surface area contributed by atoms with E-state index in [1.165, 1.54) is 18.2 Å². The van der Waals surface area contributed by atoms with Gasteiger partial charge in [0, 0.05) is 22.9 Å². The molecule has 0 radical (unpaired) electrons. The molecule has 0 saturated heterocycles. The molecule has 0 heterocycles. The average Bonchev–Trinajstić information content (AvgIpc) is 2.55. The summed E-state index contributed by atoms with van der Waals surface area (Å²) in [5, 5.41) is 5.79. The smallest absolute Gasteiger partial charge is 0.248 e. The Labute approximate surface area is 140 Å². The number of carbonyl (C=O) groups excluding carboxylic acids is 2. The lowest BCUT2D eigenvalue weighted by Crippen LogP contribution is -2.39. The monoisotopic (exact) mass is 329 g/mol. The van der Waals surface area contributed by atoms with Crippen molar-refractivity contribution in [2.45, 2.75) is 25.9 Å². The van der Waals surface area contributed by atoms with Crippen LogP contribution in [-0.4, -0.2) is 17.9 Å². The minimum absolute atomic E-state index is 0.259. The second-order valence-electron chi connectivity index (χ2n) is 5.56. The van der Waals surface area contributed by atoms with E-state index >= 15 is 0 Å². The zero-order valence-corrected chi connectivity index (χ0v) is 13.5. The molecule has 0 aliphatic carbocycles. The highest BCUT2D eigenvalue weighted by molar-refractivity contribution is 5.96. The number of nitrogens with two attached hydrogens (primary N) is 1. The van der Waals surface area contributed by atoms with Crippen LogP contribution in [0.25, 0.3) is 0 Å². The van der Waals surface area contributed by atoms with Gasteiger partial charge in [-0.05, 0) is 44.2 Å². The van der Waals surface area contributed by atoms with Gasteiger partial charge in [-0.15, -0.1) is 0 Å². The molecule has 6 heteroatoms. The summed E-state index contributed by atoms with van der Waals surface area (Å²) in [7, 11) is 0. The van der Waals surface area contributed by atoms with Gasteiger partial charge >= 0.3 is 0 Å². The fraction of sp³-hybridized carbons (Fsp3) is 0.222. The number of primary amides is 1. The predicted octanol–water partition coefficient (Wildman–Crippen LogP) is 2.60. The lowest BCUT2D eigenvalue weighted by atomic mass is 10.1. The standard InChI is InChI=1S/C18H20FN3O2/c1-11(15-5-3-4-6-16(15)19)21-12(2)18(24)22-14-9-7-13(8-10-14)17(20)23/h3-12,21H,1-2H3,(H2,20,23)(H,22,24)/t11-,12-/m1/s1. The van der Waals surface area contributed by atoms with Gasteiger partial charge in [0.25, 0.3) is 0 Å². The Morgan fingerprint density at radius 2 is 1.67 bits per heavy atom. The van der Waals surface area contributed by atoms with E-state index in [0.29, 0.717) is 16.8 Å². The van der Waals surface area contributed by atoms with Crippen LogP contribution in [0.4, 0.5) is 10.1 Å². The largest absolute Gasteiger partial charge is 0.366 e. The number of halogens is 1. The van der Waals surface area contributed by atoms with E-state index < -0.39 is 11.9 Å². The fourth-order valence-electron chi connectivity index (χ4n) is 2.34. The molecule has 126 valence electrons. The molecule has 0 aromatic heterocycles. The summed E-state index contributed by atoms with van der Waals surface area (Å²) in [4.78, 5) is 23.2. The third-order valence-corrected chi connectivity index (χ3v) is 3.70. The highest BCUT2D eigenvalue weighted by Gasteiger charge is 2.18. The van der Waals surface area contributed by atoms with Crippen molar-refractivity contribution in [3.8, 4) is 0 Å². The van der Waals surface area contributed by atoms with Gasteiger partial charge in [-0.3, -0.25) is 14.9 Å². The number of hydrogen-bond acceptors (Lipinski definition) is 3. The maximum absolute atomic E-state index is 13.8. The summed E-state index contributed by atoms with van der Waals surface area (Å²) in [5.74, 6) is -1.10. The molecule has 2 rings (SSSR count). The van der Waals surface area contributed by atoms with Gasteiger partial charge in [0.2, 0.25) is 11.8 Å². The maximum atomic E-state index is 13.8. The van der Waals surface area contributed by atoms with Gasteiger partial charge in [0.15, 0.2) is 0 Å². The molecule has 0 fully saturated rings. The topological polar surface area (TPSA) is 84.2 Å². The summed E-state index contributed by atoms with van der Waals surface area (Å²) < 4.78 is 13.8. The average molecular weight is 329 g/mol. The summed E-state index contributed by atoms with van der Waals surface area (Å²) in [6.07, 6.45) is 0. The Morgan fingerprint density at radius 3 is 2.25 bits per heavy atom. The van der Waals surface area contributed by atoms with Crippen LogP contribution in [-0.2, 0) is 4.79 Å². The zero-order chi connectivity index (χ0) is 17.7. The van der Waals surface area contributed by atoms with E-state index in [9.17, 15) is 14.0 Å². The summed E-state index contributed by atoms with van der Waals surface area (Å²) >= 11 is 0. The molecule has 2 atom stereocenters. The molecule has 0 bridgehead atoms. The molecule has 0 spiro atoms. The SMILES string of the molecule is C[C@@H](N[C@H](C)c1ccccc1F)C(=O)Nc1ccc(C(N)=O)cc1. The number of nitrogens with one attached hydrogen (secondary N) is 2. The van der Waals surface area contributed by atoms with Crippen molar-refractivity contribution < 1.29 is 14.0 Å². The number of anilines is 1.